The molecule has 8 nitrogen and oxygen atoms in total. The number of ketones is 1. The van der Waals surface area contributed by atoms with Crippen molar-refractivity contribution in [2.24, 2.45) is 0 Å². The summed E-state index contributed by atoms with van der Waals surface area (Å²) < 4.78 is 16.1. The van der Waals surface area contributed by atoms with E-state index in [1.807, 2.05) is 56.3 Å². The number of benzene rings is 3. The number of ether oxygens (including phenoxy) is 3. The van der Waals surface area contributed by atoms with E-state index in [0.29, 0.717) is 51.8 Å². The molecule has 0 bridgehead atoms. The largest absolute Gasteiger partial charge is 0.504 e. The molecule has 1 aliphatic heterocycles. The Kier molecular flexibility index (Phi) is 7.75. The Labute approximate surface area is 239 Å². The van der Waals surface area contributed by atoms with Gasteiger partial charge in [-0.3, -0.25) is 9.59 Å². The second kappa shape index (κ2) is 11.4. The number of anilines is 1. The Morgan fingerprint density at radius 3 is 2.24 bits per heavy atom. The molecule has 212 valence electrons. The average molecular weight is 555 g/mol. The Hall–Kier alpha value is -4.72. The molecule has 0 saturated carbocycles. The molecule has 3 aromatic rings. The van der Waals surface area contributed by atoms with Crippen LogP contribution in [0.1, 0.15) is 48.3 Å². The molecule has 2 atom stereocenters. The first-order valence-corrected chi connectivity index (χ1v) is 13.5. The van der Waals surface area contributed by atoms with Crippen LogP contribution in [0.15, 0.2) is 83.2 Å². The number of nitrogens with one attached hydrogen (secondary N) is 2. The minimum absolute atomic E-state index is 0.0616. The van der Waals surface area contributed by atoms with Gasteiger partial charge in [-0.05, 0) is 73.2 Å². The Morgan fingerprint density at radius 1 is 0.878 bits per heavy atom. The topological polar surface area (TPSA) is 106 Å². The van der Waals surface area contributed by atoms with Gasteiger partial charge in [0.1, 0.15) is 0 Å². The molecule has 8 heteroatoms. The van der Waals surface area contributed by atoms with Gasteiger partial charge in [-0.15, -0.1) is 0 Å². The van der Waals surface area contributed by atoms with E-state index in [1.54, 1.807) is 32.4 Å². The molecule has 2 aliphatic rings. The number of amides is 1. The van der Waals surface area contributed by atoms with Crippen molar-refractivity contribution >= 4 is 17.4 Å². The number of para-hydroxylation sites is 1. The van der Waals surface area contributed by atoms with Crippen LogP contribution in [0.4, 0.5) is 5.69 Å². The second-order valence-electron chi connectivity index (χ2n) is 10.3. The van der Waals surface area contributed by atoms with Crippen LogP contribution in [0.2, 0.25) is 0 Å². The van der Waals surface area contributed by atoms with Crippen LogP contribution < -0.4 is 24.8 Å². The fourth-order valence-electron chi connectivity index (χ4n) is 5.81. The number of aromatic hydroxyl groups is 1. The highest BCUT2D eigenvalue weighted by Crippen LogP contribution is 2.47. The Bertz CT molecular complexity index is 1590. The van der Waals surface area contributed by atoms with Crippen molar-refractivity contribution in [3.63, 3.8) is 0 Å². The number of rotatable bonds is 7. The van der Waals surface area contributed by atoms with Crippen molar-refractivity contribution in [1.29, 1.82) is 0 Å². The molecule has 0 saturated heterocycles. The third-order valence-electron chi connectivity index (χ3n) is 7.88. The van der Waals surface area contributed by atoms with E-state index in [4.69, 9.17) is 14.2 Å². The van der Waals surface area contributed by atoms with E-state index in [-0.39, 0.29) is 29.8 Å². The predicted molar refractivity (Wildman–Crippen MR) is 157 cm³/mol. The maximum absolute atomic E-state index is 14.0. The van der Waals surface area contributed by atoms with Crippen LogP contribution in [-0.2, 0) is 9.59 Å². The zero-order valence-corrected chi connectivity index (χ0v) is 23.8. The molecule has 0 unspecified atom stereocenters. The van der Waals surface area contributed by atoms with Crippen molar-refractivity contribution in [2.45, 2.75) is 38.5 Å². The van der Waals surface area contributed by atoms with Crippen LogP contribution in [0.5, 0.6) is 23.0 Å². The van der Waals surface area contributed by atoms with Crippen molar-refractivity contribution in [2.75, 3.05) is 26.6 Å². The summed E-state index contributed by atoms with van der Waals surface area (Å²) in [5.41, 5.74) is 5.59. The van der Waals surface area contributed by atoms with Gasteiger partial charge in [-0.25, -0.2) is 0 Å². The van der Waals surface area contributed by atoms with Crippen molar-refractivity contribution < 1.29 is 28.9 Å². The number of Topliss-reactive ketones (excluding diaryl/α,β-unsaturated/α-hetero) is 1. The summed E-state index contributed by atoms with van der Waals surface area (Å²) in [5.74, 6) is 0.335. The van der Waals surface area contributed by atoms with Gasteiger partial charge in [0.15, 0.2) is 28.8 Å². The van der Waals surface area contributed by atoms with Gasteiger partial charge in [-0.2, -0.15) is 0 Å². The van der Waals surface area contributed by atoms with Crippen molar-refractivity contribution in [1.82, 2.24) is 5.32 Å². The van der Waals surface area contributed by atoms with Crippen LogP contribution in [0.3, 0.4) is 0 Å². The molecule has 1 heterocycles. The van der Waals surface area contributed by atoms with E-state index in [2.05, 4.69) is 10.6 Å². The molecular formula is C33H34N2O6. The molecule has 0 aromatic heterocycles. The average Bonchev–Trinajstić information content (AvgIpc) is 2.96. The summed E-state index contributed by atoms with van der Waals surface area (Å²) in [6.45, 7) is 3.77. The number of allylic oxidation sites excluding steroid dienone is 3. The normalized spacial score (nSPS) is 18.4. The highest BCUT2D eigenvalue weighted by molar-refractivity contribution is 6.10. The number of methoxy groups -OCH3 is 3. The molecule has 3 N–H and O–H groups in total. The van der Waals surface area contributed by atoms with E-state index >= 15 is 0 Å². The molecular weight excluding hydrogens is 520 g/mol. The lowest BCUT2D eigenvalue weighted by atomic mass is 9.71. The first-order valence-electron chi connectivity index (χ1n) is 13.5. The van der Waals surface area contributed by atoms with Gasteiger partial charge >= 0.3 is 0 Å². The number of carbonyl (C=O) groups excluding carboxylic acids is 2. The molecule has 0 spiro atoms. The van der Waals surface area contributed by atoms with Crippen LogP contribution in [0.25, 0.3) is 0 Å². The summed E-state index contributed by atoms with van der Waals surface area (Å²) in [7, 11) is 4.65. The lowest BCUT2D eigenvalue weighted by Gasteiger charge is -2.37. The maximum atomic E-state index is 14.0. The van der Waals surface area contributed by atoms with Crippen molar-refractivity contribution in [3.8, 4) is 23.0 Å². The molecule has 5 rings (SSSR count). The van der Waals surface area contributed by atoms with Crippen LogP contribution in [0, 0.1) is 6.92 Å². The van der Waals surface area contributed by atoms with Gasteiger partial charge < -0.3 is 30.0 Å². The number of aryl methyl sites for hydroxylation is 1. The smallest absolute Gasteiger partial charge is 0.254 e. The zero-order chi connectivity index (χ0) is 29.3. The summed E-state index contributed by atoms with van der Waals surface area (Å²) in [6.07, 6.45) is 0.833. The molecule has 0 fully saturated rings. The first kappa shape index (κ1) is 27.8. The lowest BCUT2D eigenvalue weighted by molar-refractivity contribution is -0.116. The number of phenolic OH excluding ortho intramolecular Hbond substituents is 1. The highest BCUT2D eigenvalue weighted by Gasteiger charge is 2.41. The minimum atomic E-state index is -0.675. The summed E-state index contributed by atoms with van der Waals surface area (Å²) in [6, 6.07) is 18.3. The summed E-state index contributed by atoms with van der Waals surface area (Å²) in [4.78, 5) is 27.8. The lowest BCUT2D eigenvalue weighted by Crippen LogP contribution is -2.37. The highest BCUT2D eigenvalue weighted by atomic mass is 16.5. The third kappa shape index (κ3) is 5.25. The fraction of sp³-hybridized carbons (Fsp3) is 0.273. The van der Waals surface area contributed by atoms with E-state index < -0.39 is 5.92 Å². The van der Waals surface area contributed by atoms with Crippen LogP contribution >= 0.6 is 0 Å². The maximum Gasteiger partial charge on any atom is 0.254 e. The molecule has 1 aliphatic carbocycles. The quantitative estimate of drug-likeness (QED) is 0.343. The zero-order valence-electron chi connectivity index (χ0n) is 23.8. The Balaban J connectivity index is 1.57. The second-order valence-corrected chi connectivity index (χ2v) is 10.3. The molecule has 0 radical (unpaired) electrons. The SMILES string of the molecule is COc1ccc([C@@H]2C(C(=O)Nc3ccccc3C)=C(C)NC3=C2C(=O)C[C@@H](c2ccc(OC)c(OC)c2)C3)cc1O. The van der Waals surface area contributed by atoms with Crippen molar-refractivity contribution in [3.05, 3.63) is 99.9 Å². The third-order valence-corrected chi connectivity index (χ3v) is 7.88. The summed E-state index contributed by atoms with van der Waals surface area (Å²) >= 11 is 0. The predicted octanol–water partition coefficient (Wildman–Crippen LogP) is 5.73. The van der Waals surface area contributed by atoms with E-state index in [9.17, 15) is 14.7 Å². The number of carbonyl (C=O) groups is 2. The van der Waals surface area contributed by atoms with Crippen LogP contribution in [-0.4, -0.2) is 38.1 Å². The van der Waals surface area contributed by atoms with Gasteiger partial charge in [-0.1, -0.05) is 30.3 Å². The number of phenols is 1. The number of hydrogen-bond donors (Lipinski definition) is 3. The molecule has 41 heavy (non-hydrogen) atoms. The monoisotopic (exact) mass is 554 g/mol. The fourth-order valence-corrected chi connectivity index (χ4v) is 5.81. The number of dihydropyridines is 1. The standard InChI is InChI=1S/C33H34N2O6/c1-18-8-6-7-9-23(18)35-33(38)30-19(2)34-24-14-22(20-10-13-28(40-4)29(17-20)41-5)16-26(37)32(24)31(30)21-11-12-27(39-3)25(36)15-21/h6-13,15,17,22,31,34,36H,14,16H2,1-5H3,(H,35,38)/t22-,31+/m0/s1. The number of hydrogen-bond acceptors (Lipinski definition) is 7. The van der Waals surface area contributed by atoms with Gasteiger partial charge in [0, 0.05) is 40.6 Å². The Morgan fingerprint density at radius 2 is 1.56 bits per heavy atom. The van der Waals surface area contributed by atoms with E-state index in [0.717, 1.165) is 16.8 Å². The molecule has 3 aromatic carbocycles. The molecule has 1 amide bonds. The van der Waals surface area contributed by atoms with E-state index in [1.165, 1.54) is 7.11 Å². The minimum Gasteiger partial charge on any atom is -0.504 e. The van der Waals surface area contributed by atoms with Gasteiger partial charge in [0.05, 0.1) is 21.3 Å². The first-order chi connectivity index (χ1) is 19.7. The van der Waals surface area contributed by atoms with Gasteiger partial charge in [0.25, 0.3) is 5.91 Å². The van der Waals surface area contributed by atoms with Gasteiger partial charge in [0.2, 0.25) is 0 Å². The summed E-state index contributed by atoms with van der Waals surface area (Å²) in [5, 5.41) is 17.1.